The molecule has 11 heavy (non-hydrogen) atoms. The van der Waals surface area contributed by atoms with Crippen LogP contribution < -0.4 is 0 Å². The van der Waals surface area contributed by atoms with Crippen LogP contribution in [0.5, 0.6) is 0 Å². The van der Waals surface area contributed by atoms with E-state index in [2.05, 4.69) is 12.2 Å². The summed E-state index contributed by atoms with van der Waals surface area (Å²) in [5, 5.41) is 8.96. The van der Waals surface area contributed by atoms with Gasteiger partial charge in [-0.25, -0.2) is 0 Å². The summed E-state index contributed by atoms with van der Waals surface area (Å²) < 4.78 is 0. The quantitative estimate of drug-likeness (QED) is 0.580. The van der Waals surface area contributed by atoms with Gasteiger partial charge in [0.15, 0.2) is 0 Å². The zero-order chi connectivity index (χ0) is 8.06. The molecule has 0 radical (unpaired) electrons. The molecule has 0 amide bonds. The Morgan fingerprint density at radius 2 is 2.36 bits per heavy atom. The van der Waals surface area contributed by atoms with Gasteiger partial charge in [0.25, 0.3) is 0 Å². The molecule has 2 nitrogen and oxygen atoms in total. The van der Waals surface area contributed by atoms with E-state index in [0.29, 0.717) is 11.8 Å². The van der Waals surface area contributed by atoms with E-state index in [1.807, 2.05) is 6.92 Å². The minimum absolute atomic E-state index is 0.296. The summed E-state index contributed by atoms with van der Waals surface area (Å²) in [4.78, 5) is 10.9. The second kappa shape index (κ2) is 1.87. The van der Waals surface area contributed by atoms with Crippen LogP contribution in [0.4, 0.5) is 0 Å². The average molecular weight is 152 g/mol. The van der Waals surface area contributed by atoms with Crippen LogP contribution in [0.3, 0.4) is 0 Å². The highest BCUT2D eigenvalue weighted by atomic mass is 16.4. The molecule has 0 aromatic heterocycles. The van der Waals surface area contributed by atoms with E-state index < -0.39 is 11.4 Å². The fraction of sp³-hybridized carbons (Fsp3) is 0.667. The molecule has 0 aliphatic heterocycles. The standard InChI is InChI=1S/C9H12O2/c1-9(8(10)11)5-6-2-3-7(9)4-6/h2-3,6-7H,4-5H2,1H3,(H,10,11)/t6-,7-,9+/m1/s1. The van der Waals surface area contributed by atoms with Gasteiger partial charge in [0.05, 0.1) is 5.41 Å². The van der Waals surface area contributed by atoms with E-state index in [9.17, 15) is 4.79 Å². The van der Waals surface area contributed by atoms with Crippen molar-refractivity contribution in [3.05, 3.63) is 12.2 Å². The van der Waals surface area contributed by atoms with Crippen molar-refractivity contribution in [3.63, 3.8) is 0 Å². The first-order valence-corrected chi connectivity index (χ1v) is 4.04. The summed E-state index contributed by atoms with van der Waals surface area (Å²) in [6.07, 6.45) is 6.13. The van der Waals surface area contributed by atoms with Crippen molar-refractivity contribution in [1.29, 1.82) is 0 Å². The Morgan fingerprint density at radius 1 is 1.64 bits per heavy atom. The number of fused-ring (bicyclic) bond motifs is 2. The highest BCUT2D eigenvalue weighted by Crippen LogP contribution is 2.51. The fourth-order valence-corrected chi connectivity index (χ4v) is 2.34. The van der Waals surface area contributed by atoms with Gasteiger partial charge in [-0.3, -0.25) is 4.79 Å². The zero-order valence-corrected chi connectivity index (χ0v) is 6.58. The van der Waals surface area contributed by atoms with Crippen LogP contribution >= 0.6 is 0 Å². The summed E-state index contributed by atoms with van der Waals surface area (Å²) in [7, 11) is 0. The van der Waals surface area contributed by atoms with Gasteiger partial charge in [0, 0.05) is 0 Å². The molecule has 1 fully saturated rings. The van der Waals surface area contributed by atoms with Crippen molar-refractivity contribution in [2.45, 2.75) is 19.8 Å². The van der Waals surface area contributed by atoms with E-state index in [4.69, 9.17) is 5.11 Å². The van der Waals surface area contributed by atoms with E-state index in [1.165, 1.54) is 0 Å². The minimum atomic E-state index is -0.630. The van der Waals surface area contributed by atoms with Gasteiger partial charge in [-0.15, -0.1) is 0 Å². The molecule has 0 aromatic rings. The number of aliphatic carboxylic acids is 1. The Kier molecular flexibility index (Phi) is 1.17. The van der Waals surface area contributed by atoms with Crippen LogP contribution in [0, 0.1) is 17.3 Å². The topological polar surface area (TPSA) is 37.3 Å². The van der Waals surface area contributed by atoms with Crippen molar-refractivity contribution >= 4 is 5.97 Å². The summed E-state index contributed by atoms with van der Waals surface area (Å²) in [5.41, 5.74) is -0.459. The monoisotopic (exact) mass is 152 g/mol. The molecule has 0 heterocycles. The average Bonchev–Trinajstić information content (AvgIpc) is 2.45. The van der Waals surface area contributed by atoms with Crippen LogP contribution in [-0.2, 0) is 4.79 Å². The van der Waals surface area contributed by atoms with Crippen molar-refractivity contribution < 1.29 is 9.90 Å². The summed E-state index contributed by atoms with van der Waals surface area (Å²) in [6.45, 7) is 1.86. The molecule has 0 aromatic carbocycles. The maximum Gasteiger partial charge on any atom is 0.309 e. The third kappa shape index (κ3) is 0.753. The summed E-state index contributed by atoms with van der Waals surface area (Å²) in [5.74, 6) is 0.209. The first-order chi connectivity index (χ1) is 5.13. The van der Waals surface area contributed by atoms with E-state index in [-0.39, 0.29) is 0 Å². The molecule has 3 atom stereocenters. The number of carboxylic acid groups (broad SMARTS) is 1. The Labute approximate surface area is 65.9 Å². The highest BCUT2D eigenvalue weighted by Gasteiger charge is 2.50. The highest BCUT2D eigenvalue weighted by molar-refractivity contribution is 5.76. The first kappa shape index (κ1) is 6.89. The van der Waals surface area contributed by atoms with E-state index in [1.54, 1.807) is 0 Å². The molecule has 1 N–H and O–H groups in total. The van der Waals surface area contributed by atoms with Crippen molar-refractivity contribution in [2.75, 3.05) is 0 Å². The van der Waals surface area contributed by atoms with Gasteiger partial charge in [0.2, 0.25) is 0 Å². The zero-order valence-electron chi connectivity index (χ0n) is 6.58. The molecule has 0 unspecified atom stereocenters. The normalized spacial score (nSPS) is 46.6. The van der Waals surface area contributed by atoms with Crippen LogP contribution in [0.1, 0.15) is 19.8 Å². The fourth-order valence-electron chi connectivity index (χ4n) is 2.34. The van der Waals surface area contributed by atoms with Crippen molar-refractivity contribution in [2.24, 2.45) is 17.3 Å². The van der Waals surface area contributed by atoms with Crippen molar-refractivity contribution in [1.82, 2.24) is 0 Å². The minimum Gasteiger partial charge on any atom is -0.481 e. The lowest BCUT2D eigenvalue weighted by Crippen LogP contribution is -2.31. The largest absolute Gasteiger partial charge is 0.481 e. The Balaban J connectivity index is 2.30. The smallest absolute Gasteiger partial charge is 0.309 e. The number of carboxylic acids is 1. The Hall–Kier alpha value is -0.790. The second-order valence-corrected chi connectivity index (χ2v) is 3.91. The third-order valence-electron chi connectivity index (χ3n) is 3.17. The molecule has 60 valence electrons. The number of rotatable bonds is 1. The lowest BCUT2D eigenvalue weighted by Gasteiger charge is -2.25. The molecular formula is C9H12O2. The van der Waals surface area contributed by atoms with E-state index in [0.717, 1.165) is 12.8 Å². The van der Waals surface area contributed by atoms with Crippen LogP contribution in [0.2, 0.25) is 0 Å². The maximum atomic E-state index is 10.9. The maximum absolute atomic E-state index is 10.9. The lowest BCUT2D eigenvalue weighted by molar-refractivity contribution is -0.149. The van der Waals surface area contributed by atoms with Gasteiger partial charge in [-0.2, -0.15) is 0 Å². The predicted molar refractivity (Wildman–Crippen MR) is 41.1 cm³/mol. The van der Waals surface area contributed by atoms with Crippen LogP contribution in [-0.4, -0.2) is 11.1 Å². The van der Waals surface area contributed by atoms with Crippen molar-refractivity contribution in [3.8, 4) is 0 Å². The van der Waals surface area contributed by atoms with Crippen LogP contribution in [0.15, 0.2) is 12.2 Å². The molecule has 0 spiro atoms. The summed E-state index contributed by atoms with van der Waals surface area (Å²) >= 11 is 0. The van der Waals surface area contributed by atoms with Gasteiger partial charge in [0.1, 0.15) is 0 Å². The second-order valence-electron chi connectivity index (χ2n) is 3.91. The number of hydrogen-bond donors (Lipinski definition) is 1. The molecular weight excluding hydrogens is 140 g/mol. The molecule has 2 bridgehead atoms. The number of carbonyl (C=O) groups is 1. The molecule has 2 heteroatoms. The Bertz CT molecular complexity index is 232. The number of allylic oxidation sites excluding steroid dienone is 2. The van der Waals surface area contributed by atoms with Gasteiger partial charge >= 0.3 is 5.97 Å². The SMILES string of the molecule is C[C@]1(C(=O)O)C[C@@H]2C=C[C@@H]1C2. The van der Waals surface area contributed by atoms with Crippen LogP contribution in [0.25, 0.3) is 0 Å². The lowest BCUT2D eigenvalue weighted by atomic mass is 9.78. The molecule has 1 saturated carbocycles. The van der Waals surface area contributed by atoms with Gasteiger partial charge < -0.3 is 5.11 Å². The predicted octanol–water partition coefficient (Wildman–Crippen LogP) is 1.67. The summed E-state index contributed by atoms with van der Waals surface area (Å²) in [6, 6.07) is 0. The number of hydrogen-bond acceptors (Lipinski definition) is 1. The molecule has 2 aliphatic carbocycles. The molecule has 0 saturated heterocycles. The third-order valence-corrected chi connectivity index (χ3v) is 3.17. The molecule has 2 rings (SSSR count). The Morgan fingerprint density at radius 3 is 2.64 bits per heavy atom. The van der Waals surface area contributed by atoms with E-state index >= 15 is 0 Å². The molecule has 2 aliphatic rings. The first-order valence-electron chi connectivity index (χ1n) is 4.04. The van der Waals surface area contributed by atoms with Gasteiger partial charge in [-0.1, -0.05) is 12.2 Å². The van der Waals surface area contributed by atoms with Gasteiger partial charge in [-0.05, 0) is 31.6 Å².